The van der Waals surface area contributed by atoms with Gasteiger partial charge in [-0.2, -0.15) is 0 Å². The van der Waals surface area contributed by atoms with Gasteiger partial charge in [0.1, 0.15) is 5.82 Å². The van der Waals surface area contributed by atoms with Crippen LogP contribution in [0, 0.1) is 5.82 Å². The van der Waals surface area contributed by atoms with Crippen LogP contribution in [0.3, 0.4) is 0 Å². The van der Waals surface area contributed by atoms with Crippen molar-refractivity contribution < 1.29 is 22.8 Å². The molecule has 0 radical (unpaired) electrons. The molecule has 1 aromatic carbocycles. The van der Waals surface area contributed by atoms with Crippen LogP contribution in [0.5, 0.6) is 0 Å². The summed E-state index contributed by atoms with van der Waals surface area (Å²) in [6.07, 6.45) is -2.01. The van der Waals surface area contributed by atoms with Crippen LogP contribution in [-0.4, -0.2) is 4.89 Å². The van der Waals surface area contributed by atoms with Gasteiger partial charge in [0.25, 0.3) is 6.36 Å². The summed E-state index contributed by atoms with van der Waals surface area (Å²) in [5.74, 6) is -0.510. The molecule has 1 aromatic rings. The highest BCUT2D eigenvalue weighted by Crippen LogP contribution is 2.29. The predicted molar refractivity (Wildman–Crippen MR) is 41.2 cm³/mol. The van der Waals surface area contributed by atoms with Crippen LogP contribution in [0.2, 0.25) is 0 Å². The molecule has 2 atom stereocenters. The van der Waals surface area contributed by atoms with E-state index in [0.29, 0.717) is 0 Å². The van der Waals surface area contributed by atoms with E-state index >= 15 is 0 Å². The molecule has 0 aliphatic heterocycles. The highest BCUT2D eigenvalue weighted by atomic mass is 31.1. The number of hydrogen-bond donors (Lipinski definition) is 1. The zero-order valence-electron chi connectivity index (χ0n) is 6.35. The van der Waals surface area contributed by atoms with Crippen LogP contribution in [0.1, 0.15) is 11.9 Å². The minimum Gasteiger partial charge on any atom is -0.207 e. The molecule has 70 valence electrons. The van der Waals surface area contributed by atoms with Crippen molar-refractivity contribution in [3.63, 3.8) is 0 Å². The second-order valence-corrected chi connectivity index (χ2v) is 2.90. The van der Waals surface area contributed by atoms with E-state index in [-0.39, 0.29) is 5.56 Å². The Hall–Kier alpha value is -0.900. The molecule has 0 bridgehead atoms. The van der Waals surface area contributed by atoms with Gasteiger partial charge in [-0.25, -0.2) is 8.78 Å². The van der Waals surface area contributed by atoms with Gasteiger partial charge in [-0.3, -0.25) is 0 Å². The summed E-state index contributed by atoms with van der Waals surface area (Å²) in [4.78, 5) is 8.21. The highest BCUT2D eigenvalue weighted by Gasteiger charge is 2.23. The van der Waals surface area contributed by atoms with Gasteiger partial charge in [-0.1, -0.05) is 16.7 Å². The molecular weight excluding hydrogens is 201 g/mol. The maximum atomic E-state index is 12.8. The van der Waals surface area contributed by atoms with Gasteiger partial charge in [-0.15, -0.1) is 4.89 Å². The van der Waals surface area contributed by atoms with Gasteiger partial charge in [-0.05, 0) is 12.1 Å². The summed E-state index contributed by atoms with van der Waals surface area (Å²) in [5.41, 5.74) is -0.00111. The molecule has 0 fully saturated rings. The standard InChI is InChI=1S/C7H5F2O3P/c8-6-3-1-5(2-4-6)7(9)12-13(10)11/h1-4,7H/p+1. The summed E-state index contributed by atoms with van der Waals surface area (Å²) in [5, 5.41) is 0. The molecule has 0 saturated heterocycles. The maximum Gasteiger partial charge on any atom is 0.698 e. The summed E-state index contributed by atoms with van der Waals surface area (Å²) >= 11 is 0. The summed E-state index contributed by atoms with van der Waals surface area (Å²) in [6.45, 7) is 0. The lowest BCUT2D eigenvalue weighted by molar-refractivity contribution is 0.0635. The Labute approximate surface area is 73.9 Å². The van der Waals surface area contributed by atoms with Crippen LogP contribution in [-0.2, 0) is 9.09 Å². The van der Waals surface area contributed by atoms with Crippen LogP contribution in [0.4, 0.5) is 8.78 Å². The molecule has 1 N–H and O–H groups in total. The Bertz CT molecular complexity index is 301. The predicted octanol–water partition coefficient (Wildman–Crippen LogP) is 2.46. The van der Waals surface area contributed by atoms with Crippen LogP contribution in [0.15, 0.2) is 24.3 Å². The second-order valence-electron chi connectivity index (χ2n) is 2.21. The molecule has 1 rings (SSSR count). The topological polar surface area (TPSA) is 46.5 Å². The van der Waals surface area contributed by atoms with Crippen molar-refractivity contribution in [3.8, 4) is 0 Å². The minimum atomic E-state index is -2.99. The van der Waals surface area contributed by atoms with Gasteiger partial charge in [0.15, 0.2) is 0 Å². The largest absolute Gasteiger partial charge is 0.698 e. The molecule has 3 nitrogen and oxygen atoms in total. The molecular formula is C7H6F2O3P+. The minimum absolute atomic E-state index is 0.00111. The fraction of sp³-hybridized carbons (Fsp3) is 0.143. The second kappa shape index (κ2) is 4.37. The number of hydrogen-bond acceptors (Lipinski definition) is 2. The molecule has 0 aliphatic rings. The molecule has 2 unspecified atom stereocenters. The smallest absolute Gasteiger partial charge is 0.207 e. The SMILES string of the molecule is O=[P+](O)OC(F)c1ccc(F)cc1. The van der Waals surface area contributed by atoms with E-state index in [1.807, 2.05) is 0 Å². The Morgan fingerprint density at radius 3 is 2.38 bits per heavy atom. The first kappa shape index (κ1) is 10.2. The first-order valence-corrected chi connectivity index (χ1v) is 4.45. The van der Waals surface area contributed by atoms with Crippen molar-refractivity contribution in [3.05, 3.63) is 35.6 Å². The average Bonchev–Trinajstić information content (AvgIpc) is 2.04. The number of alkyl halides is 1. The van der Waals surface area contributed by atoms with Crippen molar-refractivity contribution in [2.75, 3.05) is 0 Å². The van der Waals surface area contributed by atoms with Gasteiger partial charge in [0, 0.05) is 10.1 Å². The number of benzene rings is 1. The summed E-state index contributed by atoms with van der Waals surface area (Å²) in [7, 11) is -2.99. The van der Waals surface area contributed by atoms with Crippen molar-refractivity contribution in [1.82, 2.24) is 0 Å². The van der Waals surface area contributed by atoms with Crippen LogP contribution in [0.25, 0.3) is 0 Å². The first-order valence-electron chi connectivity index (χ1n) is 3.32. The molecule has 13 heavy (non-hydrogen) atoms. The summed E-state index contributed by atoms with van der Waals surface area (Å²) in [6, 6.07) is 4.35. The third-order valence-corrected chi connectivity index (χ3v) is 1.68. The van der Waals surface area contributed by atoms with Gasteiger partial charge < -0.3 is 0 Å². The van der Waals surface area contributed by atoms with Gasteiger partial charge >= 0.3 is 8.25 Å². The maximum absolute atomic E-state index is 12.8. The van der Waals surface area contributed by atoms with E-state index in [1.54, 1.807) is 0 Å². The fourth-order valence-electron chi connectivity index (χ4n) is 0.754. The van der Waals surface area contributed by atoms with Crippen LogP contribution >= 0.6 is 8.25 Å². The van der Waals surface area contributed by atoms with Crippen molar-refractivity contribution >= 4 is 8.25 Å². The molecule has 0 aliphatic carbocycles. The molecule has 0 spiro atoms. The van der Waals surface area contributed by atoms with Crippen LogP contribution < -0.4 is 0 Å². The average molecular weight is 207 g/mol. The zero-order chi connectivity index (χ0) is 9.84. The third kappa shape index (κ3) is 3.14. The lowest BCUT2D eigenvalue weighted by Crippen LogP contribution is -1.92. The van der Waals surface area contributed by atoms with E-state index in [2.05, 4.69) is 4.52 Å². The molecule has 0 saturated carbocycles. The normalized spacial score (nSPS) is 13.9. The quantitative estimate of drug-likeness (QED) is 0.774. The zero-order valence-corrected chi connectivity index (χ0v) is 7.25. The molecule has 0 amide bonds. The molecule has 6 heteroatoms. The summed E-state index contributed by atoms with van der Waals surface area (Å²) < 4.78 is 39.2. The lowest BCUT2D eigenvalue weighted by atomic mass is 10.2. The molecule has 0 aromatic heterocycles. The number of halogens is 2. The highest BCUT2D eigenvalue weighted by molar-refractivity contribution is 7.32. The third-order valence-electron chi connectivity index (χ3n) is 1.31. The Kier molecular flexibility index (Phi) is 3.42. The Morgan fingerprint density at radius 2 is 1.92 bits per heavy atom. The van der Waals surface area contributed by atoms with E-state index in [0.717, 1.165) is 24.3 Å². The van der Waals surface area contributed by atoms with Crippen molar-refractivity contribution in [2.24, 2.45) is 0 Å². The van der Waals surface area contributed by atoms with Crippen molar-refractivity contribution in [1.29, 1.82) is 0 Å². The van der Waals surface area contributed by atoms with E-state index in [1.165, 1.54) is 0 Å². The monoisotopic (exact) mass is 207 g/mol. The Balaban J connectivity index is 2.71. The van der Waals surface area contributed by atoms with E-state index in [4.69, 9.17) is 4.89 Å². The fourth-order valence-corrected chi connectivity index (χ4v) is 1.03. The molecule has 0 heterocycles. The number of rotatable bonds is 3. The Morgan fingerprint density at radius 1 is 1.38 bits per heavy atom. The van der Waals surface area contributed by atoms with Crippen molar-refractivity contribution in [2.45, 2.75) is 6.36 Å². The first-order chi connectivity index (χ1) is 6.09. The van der Waals surface area contributed by atoms with E-state index < -0.39 is 20.4 Å². The van der Waals surface area contributed by atoms with Gasteiger partial charge in [0.2, 0.25) is 0 Å². The lowest BCUT2D eigenvalue weighted by Gasteiger charge is -1.99. The van der Waals surface area contributed by atoms with Gasteiger partial charge in [0.05, 0.1) is 0 Å². The van der Waals surface area contributed by atoms with E-state index in [9.17, 15) is 13.3 Å².